The number of hydrogen-bond donors (Lipinski definition) is 0. The number of aromatic nitrogens is 3. The van der Waals surface area contributed by atoms with Gasteiger partial charge in [0.1, 0.15) is 12.7 Å². The molecule has 2 aromatic rings. The predicted octanol–water partition coefficient (Wildman–Crippen LogP) is 3.36. The first-order chi connectivity index (χ1) is 10.6. The van der Waals surface area contributed by atoms with E-state index in [0.29, 0.717) is 0 Å². The van der Waals surface area contributed by atoms with E-state index in [0.717, 1.165) is 18.0 Å². The Morgan fingerprint density at radius 1 is 1.36 bits per heavy atom. The molecule has 1 aromatic heterocycles. The maximum Gasteiger partial charge on any atom is 0.138 e. The molecule has 1 aromatic carbocycles. The van der Waals surface area contributed by atoms with Crippen LogP contribution in [0.15, 0.2) is 42.6 Å². The lowest BCUT2D eigenvalue weighted by molar-refractivity contribution is 0.550. The van der Waals surface area contributed by atoms with Gasteiger partial charge in [0.05, 0.1) is 5.69 Å². The van der Waals surface area contributed by atoms with Crippen LogP contribution in [0.25, 0.3) is 5.69 Å². The third-order valence-corrected chi connectivity index (χ3v) is 4.12. The van der Waals surface area contributed by atoms with Gasteiger partial charge in [-0.05, 0) is 73.6 Å². The molecule has 116 valence electrons. The van der Waals surface area contributed by atoms with E-state index in [1.54, 1.807) is 17.3 Å². The molecule has 0 unspecified atom stereocenters. The summed E-state index contributed by atoms with van der Waals surface area (Å²) in [6.45, 7) is 2.18. The number of allylic oxidation sites excluding steroid dienone is 1. The monoisotopic (exact) mass is 296 g/mol. The van der Waals surface area contributed by atoms with E-state index in [4.69, 9.17) is 0 Å². The van der Waals surface area contributed by atoms with Gasteiger partial charge in [-0.2, -0.15) is 5.10 Å². The lowest BCUT2D eigenvalue weighted by atomic mass is 9.97. The molecule has 1 aliphatic rings. The molecule has 0 radical (unpaired) electrons. The Kier molecular flexibility index (Phi) is 4.27. The van der Waals surface area contributed by atoms with Crippen LogP contribution in [-0.2, 0) is 6.42 Å². The van der Waals surface area contributed by atoms with Gasteiger partial charge in [-0.25, -0.2) is 9.67 Å². The molecule has 22 heavy (non-hydrogen) atoms. The summed E-state index contributed by atoms with van der Waals surface area (Å²) in [6, 6.07) is 6.54. The second-order valence-electron chi connectivity index (χ2n) is 6.53. The quantitative estimate of drug-likeness (QED) is 0.819. The minimum Gasteiger partial charge on any atom is -0.384 e. The molecule has 1 fully saturated rings. The van der Waals surface area contributed by atoms with Crippen molar-refractivity contribution < 1.29 is 0 Å². The van der Waals surface area contributed by atoms with Gasteiger partial charge >= 0.3 is 0 Å². The van der Waals surface area contributed by atoms with E-state index in [1.807, 2.05) is 0 Å². The number of hydrogen-bond acceptors (Lipinski definition) is 3. The lowest BCUT2D eigenvalue weighted by Crippen LogP contribution is -2.06. The fourth-order valence-electron chi connectivity index (χ4n) is 2.84. The SMILES string of the molecule is Cc1cc(-n2cncn2)ccc1CC(=CN(C)C)CC1CC1. The van der Waals surface area contributed by atoms with E-state index in [2.05, 4.69) is 60.4 Å². The topological polar surface area (TPSA) is 34.0 Å². The molecule has 0 aliphatic heterocycles. The van der Waals surface area contributed by atoms with Crippen LogP contribution >= 0.6 is 0 Å². The van der Waals surface area contributed by atoms with Gasteiger partial charge < -0.3 is 4.90 Å². The van der Waals surface area contributed by atoms with Crippen molar-refractivity contribution in [3.05, 3.63) is 53.8 Å². The van der Waals surface area contributed by atoms with Crippen LogP contribution in [-0.4, -0.2) is 33.8 Å². The van der Waals surface area contributed by atoms with Gasteiger partial charge in [0, 0.05) is 14.1 Å². The molecule has 0 saturated heterocycles. The van der Waals surface area contributed by atoms with Crippen molar-refractivity contribution in [2.45, 2.75) is 32.6 Å². The van der Waals surface area contributed by atoms with Crippen LogP contribution in [0, 0.1) is 12.8 Å². The molecular weight excluding hydrogens is 272 g/mol. The van der Waals surface area contributed by atoms with Gasteiger partial charge in [0.15, 0.2) is 0 Å². The first-order valence-electron chi connectivity index (χ1n) is 7.92. The molecule has 3 rings (SSSR count). The van der Waals surface area contributed by atoms with Crippen molar-refractivity contribution in [3.8, 4) is 5.69 Å². The minimum absolute atomic E-state index is 0.918. The third-order valence-electron chi connectivity index (χ3n) is 4.12. The summed E-state index contributed by atoms with van der Waals surface area (Å²) in [6.07, 6.45) is 10.7. The van der Waals surface area contributed by atoms with Crippen molar-refractivity contribution in [2.24, 2.45) is 5.92 Å². The van der Waals surface area contributed by atoms with Crippen molar-refractivity contribution in [1.82, 2.24) is 19.7 Å². The molecule has 0 spiro atoms. The molecule has 4 heteroatoms. The number of benzene rings is 1. The van der Waals surface area contributed by atoms with Crippen LogP contribution in [0.3, 0.4) is 0 Å². The number of rotatable bonds is 6. The van der Waals surface area contributed by atoms with E-state index >= 15 is 0 Å². The van der Waals surface area contributed by atoms with Crippen LogP contribution in [0.5, 0.6) is 0 Å². The van der Waals surface area contributed by atoms with E-state index in [-0.39, 0.29) is 0 Å². The molecule has 1 heterocycles. The zero-order valence-electron chi connectivity index (χ0n) is 13.7. The second-order valence-corrected chi connectivity index (χ2v) is 6.53. The highest BCUT2D eigenvalue weighted by molar-refractivity contribution is 5.40. The Morgan fingerprint density at radius 2 is 2.18 bits per heavy atom. The lowest BCUT2D eigenvalue weighted by Gasteiger charge is -2.14. The Labute approximate surface area is 132 Å². The zero-order chi connectivity index (χ0) is 15.5. The highest BCUT2D eigenvalue weighted by atomic mass is 15.3. The Bertz CT molecular complexity index is 652. The molecular formula is C18H24N4. The summed E-state index contributed by atoms with van der Waals surface area (Å²) in [5, 5.41) is 4.19. The van der Waals surface area contributed by atoms with Gasteiger partial charge in [0.2, 0.25) is 0 Å². The normalized spacial score (nSPS) is 15.1. The first-order valence-corrected chi connectivity index (χ1v) is 7.92. The summed E-state index contributed by atoms with van der Waals surface area (Å²) >= 11 is 0. The van der Waals surface area contributed by atoms with Crippen LogP contribution < -0.4 is 0 Å². The van der Waals surface area contributed by atoms with E-state index < -0.39 is 0 Å². The van der Waals surface area contributed by atoms with E-state index in [1.165, 1.54) is 36.0 Å². The number of aryl methyl sites for hydroxylation is 1. The Hall–Kier alpha value is -2.10. The van der Waals surface area contributed by atoms with Crippen LogP contribution in [0.4, 0.5) is 0 Å². The van der Waals surface area contributed by atoms with Gasteiger partial charge in [0.25, 0.3) is 0 Å². The smallest absolute Gasteiger partial charge is 0.138 e. The highest BCUT2D eigenvalue weighted by Gasteiger charge is 2.22. The van der Waals surface area contributed by atoms with Crippen molar-refractivity contribution in [1.29, 1.82) is 0 Å². The predicted molar refractivity (Wildman–Crippen MR) is 88.9 cm³/mol. The first kappa shape index (κ1) is 14.8. The average molecular weight is 296 g/mol. The molecule has 0 amide bonds. The molecule has 1 aliphatic carbocycles. The maximum atomic E-state index is 4.19. The number of nitrogens with zero attached hydrogens (tertiary/aromatic N) is 4. The minimum atomic E-state index is 0.918. The van der Waals surface area contributed by atoms with Crippen LogP contribution in [0.1, 0.15) is 30.4 Å². The van der Waals surface area contributed by atoms with Gasteiger partial charge in [-0.3, -0.25) is 0 Å². The Morgan fingerprint density at radius 3 is 2.77 bits per heavy atom. The fourth-order valence-corrected chi connectivity index (χ4v) is 2.84. The summed E-state index contributed by atoms with van der Waals surface area (Å²) in [7, 11) is 4.21. The fraction of sp³-hybridized carbons (Fsp3) is 0.444. The summed E-state index contributed by atoms with van der Waals surface area (Å²) in [4.78, 5) is 6.17. The third kappa shape index (κ3) is 3.75. The average Bonchev–Trinajstić information content (AvgIpc) is 3.11. The molecule has 0 atom stereocenters. The second kappa shape index (κ2) is 6.34. The van der Waals surface area contributed by atoms with Crippen LogP contribution in [0.2, 0.25) is 0 Å². The van der Waals surface area contributed by atoms with Crippen molar-refractivity contribution >= 4 is 0 Å². The zero-order valence-corrected chi connectivity index (χ0v) is 13.7. The molecule has 0 bridgehead atoms. The molecule has 0 N–H and O–H groups in total. The standard InChI is InChI=1S/C18H24N4/c1-14-8-18(22-13-19-12-20-22)7-6-17(14)10-16(11-21(2)3)9-15-4-5-15/h6-8,11-13,15H,4-5,9-10H2,1-3H3. The Balaban J connectivity index is 1.78. The van der Waals surface area contributed by atoms with E-state index in [9.17, 15) is 0 Å². The molecule has 4 nitrogen and oxygen atoms in total. The maximum absolute atomic E-state index is 4.19. The summed E-state index contributed by atoms with van der Waals surface area (Å²) in [5.41, 5.74) is 5.31. The van der Waals surface area contributed by atoms with Gasteiger partial charge in [-0.1, -0.05) is 6.07 Å². The van der Waals surface area contributed by atoms with Crippen molar-refractivity contribution in [3.63, 3.8) is 0 Å². The van der Waals surface area contributed by atoms with Gasteiger partial charge in [-0.15, -0.1) is 0 Å². The summed E-state index contributed by atoms with van der Waals surface area (Å²) in [5.74, 6) is 0.918. The van der Waals surface area contributed by atoms with Crippen molar-refractivity contribution in [2.75, 3.05) is 14.1 Å². The largest absolute Gasteiger partial charge is 0.384 e. The molecule has 1 saturated carbocycles. The summed E-state index contributed by atoms with van der Waals surface area (Å²) < 4.78 is 1.80. The highest BCUT2D eigenvalue weighted by Crippen LogP contribution is 2.36.